The van der Waals surface area contributed by atoms with Gasteiger partial charge in [-0.1, -0.05) is 6.07 Å². The molecule has 1 atom stereocenters. The first-order valence-electron chi connectivity index (χ1n) is 5.38. The minimum Gasteiger partial charge on any atom is -0.392 e. The Labute approximate surface area is 106 Å². The molecule has 5 heteroatoms. The number of halogens is 1. The van der Waals surface area contributed by atoms with Crippen LogP contribution < -0.4 is 10.6 Å². The van der Waals surface area contributed by atoms with E-state index in [0.29, 0.717) is 11.6 Å². The van der Waals surface area contributed by atoms with Crippen molar-refractivity contribution in [1.82, 2.24) is 5.32 Å². The van der Waals surface area contributed by atoms with E-state index < -0.39 is 0 Å². The molecule has 4 nitrogen and oxygen atoms in total. The van der Waals surface area contributed by atoms with E-state index in [1.807, 2.05) is 6.07 Å². The van der Waals surface area contributed by atoms with Crippen LogP contribution in [0, 0.1) is 0 Å². The van der Waals surface area contributed by atoms with Gasteiger partial charge in [-0.3, -0.25) is 4.79 Å². The smallest absolute Gasteiger partial charge is 0.241 e. The number of rotatable bonds is 5. The summed E-state index contributed by atoms with van der Waals surface area (Å²) in [6.45, 7) is 1.70. The van der Waals surface area contributed by atoms with Crippen LogP contribution >= 0.6 is 11.6 Å². The van der Waals surface area contributed by atoms with E-state index in [9.17, 15) is 4.79 Å². The number of anilines is 1. The van der Waals surface area contributed by atoms with Crippen LogP contribution in [0.15, 0.2) is 18.2 Å². The first kappa shape index (κ1) is 14.0. The number of aliphatic hydroxyl groups excluding tert-OH is 1. The van der Waals surface area contributed by atoms with E-state index >= 15 is 0 Å². The molecule has 0 saturated carbocycles. The summed E-state index contributed by atoms with van der Waals surface area (Å²) >= 11 is 5.75. The quantitative estimate of drug-likeness (QED) is 0.699. The minimum atomic E-state index is -0.271. The summed E-state index contributed by atoms with van der Waals surface area (Å²) in [6.07, 6.45) is 0. The zero-order valence-electron chi connectivity index (χ0n) is 9.96. The van der Waals surface area contributed by atoms with Crippen LogP contribution in [-0.4, -0.2) is 24.1 Å². The van der Waals surface area contributed by atoms with E-state index in [0.717, 1.165) is 11.1 Å². The number of carbonyl (C=O) groups excluding carboxylic acids is 1. The van der Waals surface area contributed by atoms with E-state index in [4.69, 9.17) is 16.7 Å². The van der Waals surface area contributed by atoms with Crippen LogP contribution in [0.2, 0.25) is 0 Å². The lowest BCUT2D eigenvalue weighted by atomic mass is 10.1. The molecule has 1 aromatic carbocycles. The molecule has 0 spiro atoms. The van der Waals surface area contributed by atoms with Gasteiger partial charge >= 0.3 is 0 Å². The van der Waals surface area contributed by atoms with Crippen LogP contribution in [0.4, 0.5) is 5.69 Å². The SMILES string of the molecule is CNC(C)C(=O)Nc1cc(CO)cc(CCl)c1. The molecule has 1 unspecified atom stereocenters. The molecule has 0 fully saturated rings. The minimum absolute atomic E-state index is 0.0742. The van der Waals surface area contributed by atoms with Crippen molar-refractivity contribution >= 4 is 23.2 Å². The maximum atomic E-state index is 11.7. The van der Waals surface area contributed by atoms with Crippen LogP contribution in [0.1, 0.15) is 18.1 Å². The van der Waals surface area contributed by atoms with E-state index in [1.165, 1.54) is 0 Å². The number of amides is 1. The summed E-state index contributed by atoms with van der Waals surface area (Å²) in [6, 6.07) is 5.07. The third-order valence-corrected chi connectivity index (χ3v) is 2.79. The zero-order valence-corrected chi connectivity index (χ0v) is 10.7. The molecule has 1 rings (SSSR count). The summed E-state index contributed by atoms with van der Waals surface area (Å²) in [5.74, 6) is 0.223. The highest BCUT2D eigenvalue weighted by atomic mass is 35.5. The van der Waals surface area contributed by atoms with Gasteiger partial charge in [-0.15, -0.1) is 11.6 Å². The van der Waals surface area contributed by atoms with Gasteiger partial charge in [0.1, 0.15) is 0 Å². The second-order valence-corrected chi connectivity index (χ2v) is 4.10. The molecular weight excluding hydrogens is 240 g/mol. The highest BCUT2D eigenvalue weighted by molar-refractivity contribution is 6.17. The van der Waals surface area contributed by atoms with Crippen molar-refractivity contribution < 1.29 is 9.90 Å². The Morgan fingerprint density at radius 3 is 2.59 bits per heavy atom. The summed E-state index contributed by atoms with van der Waals surface area (Å²) in [5, 5.41) is 14.7. The largest absolute Gasteiger partial charge is 0.392 e. The van der Waals surface area contributed by atoms with Crippen molar-refractivity contribution in [2.24, 2.45) is 0 Å². The lowest BCUT2D eigenvalue weighted by Crippen LogP contribution is -2.35. The van der Waals surface area contributed by atoms with E-state index in [1.54, 1.807) is 26.1 Å². The summed E-state index contributed by atoms with van der Waals surface area (Å²) in [4.78, 5) is 11.7. The fourth-order valence-electron chi connectivity index (χ4n) is 1.38. The standard InChI is InChI=1S/C12H17ClN2O2/c1-8(14-2)12(17)15-11-4-9(6-13)3-10(5-11)7-16/h3-5,8,14,16H,6-7H2,1-2H3,(H,15,17). The molecule has 0 bridgehead atoms. The highest BCUT2D eigenvalue weighted by Gasteiger charge is 2.10. The van der Waals surface area contributed by atoms with Crippen molar-refractivity contribution in [1.29, 1.82) is 0 Å². The number of likely N-dealkylation sites (N-methyl/N-ethyl adjacent to an activating group) is 1. The maximum Gasteiger partial charge on any atom is 0.241 e. The van der Waals surface area contributed by atoms with Crippen LogP contribution in [-0.2, 0) is 17.3 Å². The van der Waals surface area contributed by atoms with Crippen LogP contribution in [0.25, 0.3) is 0 Å². The topological polar surface area (TPSA) is 61.4 Å². The van der Waals surface area contributed by atoms with Crippen molar-refractivity contribution in [3.05, 3.63) is 29.3 Å². The number of aliphatic hydroxyl groups is 1. The number of alkyl halides is 1. The Morgan fingerprint density at radius 1 is 1.41 bits per heavy atom. The number of benzene rings is 1. The lowest BCUT2D eigenvalue weighted by Gasteiger charge is -2.12. The van der Waals surface area contributed by atoms with Gasteiger partial charge in [-0.25, -0.2) is 0 Å². The van der Waals surface area contributed by atoms with Gasteiger partial charge < -0.3 is 15.7 Å². The van der Waals surface area contributed by atoms with Crippen molar-refractivity contribution in [2.45, 2.75) is 25.5 Å². The second kappa shape index (κ2) is 6.59. The van der Waals surface area contributed by atoms with Crippen molar-refractivity contribution in [2.75, 3.05) is 12.4 Å². The molecule has 94 valence electrons. The van der Waals surface area contributed by atoms with Crippen molar-refractivity contribution in [3.63, 3.8) is 0 Å². The van der Waals surface area contributed by atoms with Gasteiger partial charge in [0, 0.05) is 11.6 Å². The predicted molar refractivity (Wildman–Crippen MR) is 69.1 cm³/mol. The molecule has 0 heterocycles. The average Bonchev–Trinajstić information content (AvgIpc) is 2.36. The highest BCUT2D eigenvalue weighted by Crippen LogP contribution is 2.17. The van der Waals surface area contributed by atoms with Crippen LogP contribution in [0.3, 0.4) is 0 Å². The molecule has 0 radical (unpaired) electrons. The van der Waals surface area contributed by atoms with Gasteiger partial charge in [0.05, 0.1) is 12.6 Å². The lowest BCUT2D eigenvalue weighted by molar-refractivity contribution is -0.117. The fraction of sp³-hybridized carbons (Fsp3) is 0.417. The summed E-state index contributed by atoms with van der Waals surface area (Å²) in [5.41, 5.74) is 2.25. The van der Waals surface area contributed by atoms with Gasteiger partial charge in [0.25, 0.3) is 0 Å². The third kappa shape index (κ3) is 4.00. The Bertz CT molecular complexity index is 374. The molecule has 17 heavy (non-hydrogen) atoms. The summed E-state index contributed by atoms with van der Waals surface area (Å²) < 4.78 is 0. The maximum absolute atomic E-state index is 11.7. The van der Waals surface area contributed by atoms with Gasteiger partial charge in [-0.2, -0.15) is 0 Å². The zero-order chi connectivity index (χ0) is 12.8. The van der Waals surface area contributed by atoms with Gasteiger partial charge in [-0.05, 0) is 37.2 Å². The number of hydrogen-bond donors (Lipinski definition) is 3. The molecule has 0 saturated heterocycles. The normalized spacial score (nSPS) is 12.2. The molecule has 1 aromatic rings. The summed E-state index contributed by atoms with van der Waals surface area (Å²) in [7, 11) is 1.72. The van der Waals surface area contributed by atoms with E-state index in [2.05, 4.69) is 10.6 Å². The van der Waals surface area contributed by atoms with Crippen LogP contribution in [0.5, 0.6) is 0 Å². The molecule has 1 amide bonds. The third-order valence-electron chi connectivity index (χ3n) is 2.48. The molecular formula is C12H17ClN2O2. The first-order chi connectivity index (χ1) is 8.10. The van der Waals surface area contributed by atoms with Gasteiger partial charge in [0.2, 0.25) is 5.91 Å². The Hall–Kier alpha value is -1.10. The Balaban J connectivity index is 2.86. The monoisotopic (exact) mass is 256 g/mol. The van der Waals surface area contributed by atoms with Crippen molar-refractivity contribution in [3.8, 4) is 0 Å². The van der Waals surface area contributed by atoms with Gasteiger partial charge in [0.15, 0.2) is 0 Å². The molecule has 3 N–H and O–H groups in total. The number of nitrogens with one attached hydrogen (secondary N) is 2. The molecule has 0 aliphatic carbocycles. The second-order valence-electron chi connectivity index (χ2n) is 3.83. The molecule has 0 aliphatic heterocycles. The first-order valence-corrected chi connectivity index (χ1v) is 5.92. The average molecular weight is 257 g/mol. The fourth-order valence-corrected chi connectivity index (χ4v) is 1.54. The van der Waals surface area contributed by atoms with E-state index in [-0.39, 0.29) is 18.6 Å². The molecule has 0 aromatic heterocycles. The number of hydrogen-bond acceptors (Lipinski definition) is 3. The predicted octanol–water partition coefficient (Wildman–Crippen LogP) is 1.46. The molecule has 0 aliphatic rings. The Morgan fingerprint density at radius 2 is 2.06 bits per heavy atom. The number of carbonyl (C=O) groups is 1. The Kier molecular flexibility index (Phi) is 5.41.